The molecule has 2 aromatic carbocycles. The molecule has 0 saturated carbocycles. The van der Waals surface area contributed by atoms with E-state index < -0.39 is 23.7 Å². The average molecular weight is 427 g/mol. The lowest BCUT2D eigenvalue weighted by Crippen LogP contribution is -2.59. The van der Waals surface area contributed by atoms with Gasteiger partial charge in [0.15, 0.2) is 0 Å². The fraction of sp³-hybridized carbons (Fsp3) is 0.217. The third-order valence-electron chi connectivity index (χ3n) is 5.02. The maximum Gasteiger partial charge on any atom is 0.421 e. The molecule has 160 valence electrons. The summed E-state index contributed by atoms with van der Waals surface area (Å²) in [4.78, 5) is 18.0. The number of carbonyl (C=O) groups is 1. The van der Waals surface area contributed by atoms with Crippen molar-refractivity contribution in [2.45, 2.75) is 18.3 Å². The fourth-order valence-corrected chi connectivity index (χ4v) is 3.40. The van der Waals surface area contributed by atoms with Crippen molar-refractivity contribution >= 4 is 6.03 Å². The van der Waals surface area contributed by atoms with Crippen LogP contribution in [0.4, 0.5) is 18.0 Å². The molecule has 8 heteroatoms. The van der Waals surface area contributed by atoms with Gasteiger partial charge >= 0.3 is 12.2 Å². The Labute approximate surface area is 177 Å². The van der Waals surface area contributed by atoms with E-state index in [1.165, 1.54) is 17.2 Å². The number of likely N-dealkylation sites (tertiary alicyclic amines) is 1. The number of halogens is 3. The van der Waals surface area contributed by atoms with E-state index in [-0.39, 0.29) is 25.2 Å². The van der Waals surface area contributed by atoms with E-state index in [9.17, 15) is 18.0 Å². The SMILES string of the molecule is O=C(NC(c1ccccc1)c1ccccc1)N1CC(Oc2ncccc2C(F)(F)F)C1. The summed E-state index contributed by atoms with van der Waals surface area (Å²) in [5.41, 5.74) is 0.934. The second-order valence-corrected chi connectivity index (χ2v) is 7.20. The Morgan fingerprint density at radius 1 is 0.968 bits per heavy atom. The first-order valence-electron chi connectivity index (χ1n) is 9.76. The summed E-state index contributed by atoms with van der Waals surface area (Å²) in [6.45, 7) is 0.353. The molecule has 2 amide bonds. The van der Waals surface area contributed by atoms with Gasteiger partial charge in [-0.1, -0.05) is 60.7 Å². The van der Waals surface area contributed by atoms with Crippen LogP contribution in [-0.2, 0) is 6.18 Å². The molecule has 2 heterocycles. The summed E-state index contributed by atoms with van der Waals surface area (Å²) >= 11 is 0. The van der Waals surface area contributed by atoms with Gasteiger partial charge in [0, 0.05) is 6.20 Å². The van der Waals surface area contributed by atoms with E-state index >= 15 is 0 Å². The van der Waals surface area contributed by atoms with Gasteiger partial charge in [0.05, 0.1) is 19.1 Å². The smallest absolute Gasteiger partial charge is 0.421 e. The van der Waals surface area contributed by atoms with E-state index in [1.807, 2.05) is 60.7 Å². The first kappa shape index (κ1) is 20.7. The Morgan fingerprint density at radius 3 is 2.10 bits per heavy atom. The number of amides is 2. The van der Waals surface area contributed by atoms with Crippen LogP contribution in [0.15, 0.2) is 79.0 Å². The standard InChI is InChI=1S/C23H20F3N3O2/c24-23(25,26)19-12-7-13-27-21(19)31-18-14-29(15-18)22(30)28-20(16-8-3-1-4-9-16)17-10-5-2-6-11-17/h1-13,18,20H,14-15H2,(H,28,30). The molecule has 3 aromatic rings. The largest absolute Gasteiger partial charge is 0.470 e. The van der Waals surface area contributed by atoms with Crippen LogP contribution >= 0.6 is 0 Å². The summed E-state index contributed by atoms with van der Waals surface area (Å²) in [5, 5.41) is 3.01. The Kier molecular flexibility index (Phi) is 5.79. The topological polar surface area (TPSA) is 54.5 Å². The van der Waals surface area contributed by atoms with Crippen molar-refractivity contribution in [2.75, 3.05) is 13.1 Å². The minimum absolute atomic E-state index is 0.177. The molecule has 1 aromatic heterocycles. The zero-order valence-electron chi connectivity index (χ0n) is 16.4. The fourth-order valence-electron chi connectivity index (χ4n) is 3.40. The number of ether oxygens (including phenoxy) is 1. The normalized spacial score (nSPS) is 14.3. The number of rotatable bonds is 5. The Morgan fingerprint density at radius 2 is 1.55 bits per heavy atom. The second-order valence-electron chi connectivity index (χ2n) is 7.20. The number of hydrogen-bond donors (Lipinski definition) is 1. The van der Waals surface area contributed by atoms with E-state index in [2.05, 4.69) is 10.3 Å². The van der Waals surface area contributed by atoms with Crippen molar-refractivity contribution in [3.05, 3.63) is 95.7 Å². The first-order chi connectivity index (χ1) is 14.9. The van der Waals surface area contributed by atoms with E-state index in [0.717, 1.165) is 17.2 Å². The quantitative estimate of drug-likeness (QED) is 0.644. The highest BCUT2D eigenvalue weighted by Crippen LogP contribution is 2.35. The van der Waals surface area contributed by atoms with Gasteiger partial charge in [0.1, 0.15) is 11.7 Å². The van der Waals surface area contributed by atoms with Gasteiger partial charge in [0.2, 0.25) is 5.88 Å². The monoisotopic (exact) mass is 427 g/mol. The number of urea groups is 1. The molecule has 1 aliphatic rings. The number of hydrogen-bond acceptors (Lipinski definition) is 3. The number of nitrogens with one attached hydrogen (secondary N) is 1. The predicted molar refractivity (Wildman–Crippen MR) is 108 cm³/mol. The van der Waals surface area contributed by atoms with E-state index in [0.29, 0.717) is 0 Å². The van der Waals surface area contributed by atoms with Gasteiger partial charge in [-0.05, 0) is 23.3 Å². The van der Waals surface area contributed by atoms with Crippen LogP contribution < -0.4 is 10.1 Å². The van der Waals surface area contributed by atoms with Gasteiger partial charge < -0.3 is 15.0 Å². The molecule has 1 aliphatic heterocycles. The Balaban J connectivity index is 1.40. The first-order valence-corrected chi connectivity index (χ1v) is 9.76. The predicted octanol–water partition coefficient (Wildman–Crippen LogP) is 4.66. The van der Waals surface area contributed by atoms with Crippen LogP contribution in [0.5, 0.6) is 5.88 Å². The minimum atomic E-state index is -4.55. The van der Waals surface area contributed by atoms with Crippen molar-refractivity contribution in [1.29, 1.82) is 0 Å². The van der Waals surface area contributed by atoms with Crippen LogP contribution in [0, 0.1) is 0 Å². The van der Waals surface area contributed by atoms with Gasteiger partial charge in [-0.25, -0.2) is 9.78 Å². The van der Waals surface area contributed by atoms with Crippen LogP contribution in [0.2, 0.25) is 0 Å². The molecule has 1 N–H and O–H groups in total. The number of pyridine rings is 1. The molecular weight excluding hydrogens is 407 g/mol. The molecule has 0 aliphatic carbocycles. The molecular formula is C23H20F3N3O2. The van der Waals surface area contributed by atoms with Gasteiger partial charge in [-0.15, -0.1) is 0 Å². The number of aromatic nitrogens is 1. The van der Waals surface area contributed by atoms with Crippen LogP contribution in [0.1, 0.15) is 22.7 Å². The third-order valence-corrected chi connectivity index (χ3v) is 5.02. The molecule has 4 rings (SSSR count). The van der Waals surface area contributed by atoms with Crippen molar-refractivity contribution < 1.29 is 22.7 Å². The zero-order chi connectivity index (χ0) is 21.8. The van der Waals surface area contributed by atoms with Gasteiger partial charge in [0.25, 0.3) is 0 Å². The lowest BCUT2D eigenvalue weighted by Gasteiger charge is -2.39. The maximum absolute atomic E-state index is 13.1. The van der Waals surface area contributed by atoms with Crippen molar-refractivity contribution in [2.24, 2.45) is 0 Å². The average Bonchev–Trinajstić information content (AvgIpc) is 2.75. The van der Waals surface area contributed by atoms with Crippen LogP contribution in [0.3, 0.4) is 0 Å². The molecule has 1 fully saturated rings. The highest BCUT2D eigenvalue weighted by molar-refractivity contribution is 5.76. The van der Waals surface area contributed by atoms with E-state index in [1.54, 1.807) is 0 Å². The van der Waals surface area contributed by atoms with Crippen molar-refractivity contribution in [3.8, 4) is 5.88 Å². The number of benzene rings is 2. The minimum Gasteiger partial charge on any atom is -0.470 e. The third kappa shape index (κ3) is 4.79. The lowest BCUT2D eigenvalue weighted by molar-refractivity contribution is -0.140. The van der Waals surface area contributed by atoms with Crippen molar-refractivity contribution in [3.63, 3.8) is 0 Å². The number of nitrogens with zero attached hydrogens (tertiary/aromatic N) is 2. The lowest BCUT2D eigenvalue weighted by atomic mass is 9.99. The van der Waals surface area contributed by atoms with E-state index in [4.69, 9.17) is 4.74 Å². The summed E-state index contributed by atoms with van der Waals surface area (Å²) in [7, 11) is 0. The molecule has 1 saturated heterocycles. The molecule has 0 bridgehead atoms. The molecule has 0 atom stereocenters. The summed E-state index contributed by atoms with van der Waals surface area (Å²) in [6, 6.07) is 20.6. The summed E-state index contributed by atoms with van der Waals surface area (Å²) < 4.78 is 44.7. The summed E-state index contributed by atoms with van der Waals surface area (Å²) in [6.07, 6.45) is -3.85. The van der Waals surface area contributed by atoms with Gasteiger partial charge in [-0.3, -0.25) is 0 Å². The highest BCUT2D eigenvalue weighted by Gasteiger charge is 2.38. The number of alkyl halides is 3. The maximum atomic E-state index is 13.1. The van der Waals surface area contributed by atoms with Gasteiger partial charge in [-0.2, -0.15) is 13.2 Å². The molecule has 0 spiro atoms. The van der Waals surface area contributed by atoms with Crippen molar-refractivity contribution in [1.82, 2.24) is 15.2 Å². The highest BCUT2D eigenvalue weighted by atomic mass is 19.4. The Bertz CT molecular complexity index is 983. The van der Waals surface area contributed by atoms with Crippen LogP contribution in [-0.4, -0.2) is 35.1 Å². The second kappa shape index (κ2) is 8.67. The Hall–Kier alpha value is -3.55. The summed E-state index contributed by atoms with van der Waals surface area (Å²) in [5.74, 6) is -0.466. The molecule has 0 radical (unpaired) electrons. The zero-order valence-corrected chi connectivity index (χ0v) is 16.4. The molecule has 5 nitrogen and oxygen atoms in total. The number of carbonyl (C=O) groups excluding carboxylic acids is 1. The molecule has 31 heavy (non-hydrogen) atoms. The van der Waals surface area contributed by atoms with Crippen LogP contribution in [0.25, 0.3) is 0 Å². The molecule has 0 unspecified atom stereocenters.